The quantitative estimate of drug-likeness (QED) is 0.630. The van der Waals surface area contributed by atoms with Crippen LogP contribution in [0.1, 0.15) is 11.1 Å². The molecule has 0 saturated heterocycles. The number of likely N-dealkylation sites (N-methyl/N-ethyl adjacent to an activating group) is 1. The number of amides is 1. The summed E-state index contributed by atoms with van der Waals surface area (Å²) in [5, 5.41) is 2.36. The molecule has 4 nitrogen and oxygen atoms in total. The van der Waals surface area contributed by atoms with Crippen LogP contribution in [0, 0.1) is 6.92 Å². The average molecular weight is 233 g/mol. The molecule has 0 unspecified atom stereocenters. The maximum Gasteiger partial charge on any atom is 0.331 e. The number of carbonyl (C=O) groups is 2. The normalized spacial score (nSPS) is 10.2. The van der Waals surface area contributed by atoms with Crippen LogP contribution < -0.4 is 5.32 Å². The molecule has 90 valence electrons. The minimum Gasteiger partial charge on any atom is -0.452 e. The number of benzene rings is 1. The van der Waals surface area contributed by atoms with Crippen molar-refractivity contribution < 1.29 is 14.3 Å². The number of hydrogen-bond acceptors (Lipinski definition) is 3. The van der Waals surface area contributed by atoms with Gasteiger partial charge in [0.2, 0.25) is 0 Å². The lowest BCUT2D eigenvalue weighted by molar-refractivity contribution is -0.143. The van der Waals surface area contributed by atoms with Crippen molar-refractivity contribution in [1.82, 2.24) is 5.32 Å². The predicted molar refractivity (Wildman–Crippen MR) is 65.2 cm³/mol. The van der Waals surface area contributed by atoms with Crippen molar-refractivity contribution in [3.05, 3.63) is 41.5 Å². The second-order valence-electron chi connectivity index (χ2n) is 3.53. The Morgan fingerprint density at radius 2 is 2.18 bits per heavy atom. The third-order valence-electron chi connectivity index (χ3n) is 2.08. The standard InChI is InChI=1S/C13H15NO3/c1-10-4-3-5-11(8-10)6-7-13(16)17-9-12(15)14-2/h3-8H,9H2,1-2H3,(H,14,15)/b7-6+. The second-order valence-corrected chi connectivity index (χ2v) is 3.53. The van der Waals surface area contributed by atoms with Crippen LogP contribution in [-0.2, 0) is 14.3 Å². The van der Waals surface area contributed by atoms with E-state index in [2.05, 4.69) is 5.32 Å². The molecule has 0 heterocycles. The molecule has 0 spiro atoms. The average Bonchev–Trinajstić information content (AvgIpc) is 2.33. The van der Waals surface area contributed by atoms with Gasteiger partial charge in [-0.2, -0.15) is 0 Å². The van der Waals surface area contributed by atoms with Gasteiger partial charge in [-0.3, -0.25) is 4.79 Å². The lowest BCUT2D eigenvalue weighted by Gasteiger charge is -2.00. The Bertz CT molecular complexity index is 438. The summed E-state index contributed by atoms with van der Waals surface area (Å²) < 4.78 is 4.71. The molecular weight excluding hydrogens is 218 g/mol. The van der Waals surface area contributed by atoms with Crippen molar-refractivity contribution >= 4 is 18.0 Å². The third kappa shape index (κ3) is 4.97. The van der Waals surface area contributed by atoms with Gasteiger partial charge in [-0.1, -0.05) is 29.8 Å². The fourth-order valence-electron chi connectivity index (χ4n) is 1.20. The first-order valence-electron chi connectivity index (χ1n) is 5.24. The van der Waals surface area contributed by atoms with Crippen LogP contribution in [0.5, 0.6) is 0 Å². The maximum atomic E-state index is 11.2. The number of esters is 1. The van der Waals surface area contributed by atoms with E-state index in [1.807, 2.05) is 31.2 Å². The molecule has 0 aliphatic carbocycles. The Morgan fingerprint density at radius 1 is 1.41 bits per heavy atom. The Morgan fingerprint density at radius 3 is 2.82 bits per heavy atom. The summed E-state index contributed by atoms with van der Waals surface area (Å²) in [6.45, 7) is 1.72. The van der Waals surface area contributed by atoms with Gasteiger partial charge in [-0.05, 0) is 18.6 Å². The van der Waals surface area contributed by atoms with Gasteiger partial charge in [-0.15, -0.1) is 0 Å². The highest BCUT2D eigenvalue weighted by atomic mass is 16.5. The number of aryl methyl sites for hydroxylation is 1. The van der Waals surface area contributed by atoms with E-state index in [1.54, 1.807) is 6.08 Å². The van der Waals surface area contributed by atoms with E-state index in [9.17, 15) is 9.59 Å². The highest BCUT2D eigenvalue weighted by molar-refractivity contribution is 5.89. The van der Waals surface area contributed by atoms with Crippen LogP contribution >= 0.6 is 0 Å². The van der Waals surface area contributed by atoms with E-state index in [1.165, 1.54) is 13.1 Å². The molecule has 1 rings (SSSR count). The number of carbonyl (C=O) groups excluding carboxylic acids is 2. The zero-order valence-electron chi connectivity index (χ0n) is 9.90. The molecule has 4 heteroatoms. The van der Waals surface area contributed by atoms with E-state index >= 15 is 0 Å². The summed E-state index contributed by atoms with van der Waals surface area (Å²) in [4.78, 5) is 22.1. The van der Waals surface area contributed by atoms with Crippen molar-refractivity contribution in [3.63, 3.8) is 0 Å². The summed E-state index contributed by atoms with van der Waals surface area (Å²) in [7, 11) is 1.48. The zero-order valence-corrected chi connectivity index (χ0v) is 9.90. The highest BCUT2D eigenvalue weighted by Crippen LogP contribution is 2.05. The zero-order chi connectivity index (χ0) is 12.7. The van der Waals surface area contributed by atoms with Crippen molar-refractivity contribution in [2.75, 3.05) is 13.7 Å². The lowest BCUT2D eigenvalue weighted by atomic mass is 10.1. The largest absolute Gasteiger partial charge is 0.452 e. The van der Waals surface area contributed by atoms with Gasteiger partial charge in [0.15, 0.2) is 6.61 Å². The van der Waals surface area contributed by atoms with Crippen LogP contribution in [0.3, 0.4) is 0 Å². The lowest BCUT2D eigenvalue weighted by Crippen LogP contribution is -2.24. The molecule has 1 N–H and O–H groups in total. The smallest absolute Gasteiger partial charge is 0.331 e. The molecule has 0 saturated carbocycles. The SMILES string of the molecule is CNC(=O)COC(=O)/C=C/c1cccc(C)c1. The van der Waals surface area contributed by atoms with Crippen molar-refractivity contribution in [1.29, 1.82) is 0 Å². The number of hydrogen-bond donors (Lipinski definition) is 1. The number of ether oxygens (including phenoxy) is 1. The van der Waals surface area contributed by atoms with E-state index < -0.39 is 5.97 Å². The Kier molecular flexibility index (Phi) is 4.94. The van der Waals surface area contributed by atoms with Gasteiger partial charge in [0.05, 0.1) is 0 Å². The van der Waals surface area contributed by atoms with Crippen LogP contribution in [-0.4, -0.2) is 25.5 Å². The molecular formula is C13H15NO3. The topological polar surface area (TPSA) is 55.4 Å². The first-order chi connectivity index (χ1) is 8.11. The Balaban J connectivity index is 2.48. The van der Waals surface area contributed by atoms with Crippen LogP contribution in [0.25, 0.3) is 6.08 Å². The fraction of sp³-hybridized carbons (Fsp3) is 0.231. The summed E-state index contributed by atoms with van der Waals surface area (Å²) >= 11 is 0. The molecule has 1 amide bonds. The molecule has 0 bridgehead atoms. The van der Waals surface area contributed by atoms with Gasteiger partial charge in [0.1, 0.15) is 0 Å². The molecule has 0 radical (unpaired) electrons. The maximum absolute atomic E-state index is 11.2. The molecule has 0 atom stereocenters. The summed E-state index contributed by atoms with van der Waals surface area (Å²) in [6, 6.07) is 7.71. The molecule has 17 heavy (non-hydrogen) atoms. The highest BCUT2D eigenvalue weighted by Gasteiger charge is 2.01. The molecule has 0 aliphatic rings. The molecule has 0 aliphatic heterocycles. The Labute approximate surface area is 100 Å². The van der Waals surface area contributed by atoms with Gasteiger partial charge < -0.3 is 10.1 Å². The van der Waals surface area contributed by atoms with Crippen LogP contribution in [0.4, 0.5) is 0 Å². The van der Waals surface area contributed by atoms with E-state index in [0.717, 1.165) is 11.1 Å². The van der Waals surface area contributed by atoms with Gasteiger partial charge in [-0.25, -0.2) is 4.79 Å². The summed E-state index contributed by atoms with van der Waals surface area (Å²) in [6.07, 6.45) is 2.96. The molecule has 1 aromatic rings. The Hall–Kier alpha value is -2.10. The van der Waals surface area contributed by atoms with Crippen molar-refractivity contribution in [3.8, 4) is 0 Å². The fourth-order valence-corrected chi connectivity index (χ4v) is 1.20. The molecule has 0 fully saturated rings. The molecule has 1 aromatic carbocycles. The van der Waals surface area contributed by atoms with E-state index in [-0.39, 0.29) is 12.5 Å². The number of nitrogens with one attached hydrogen (secondary N) is 1. The molecule has 0 aromatic heterocycles. The van der Waals surface area contributed by atoms with E-state index in [0.29, 0.717) is 0 Å². The predicted octanol–water partition coefficient (Wildman–Crippen LogP) is 1.30. The van der Waals surface area contributed by atoms with Gasteiger partial charge in [0, 0.05) is 13.1 Å². The first kappa shape index (κ1) is 13.0. The van der Waals surface area contributed by atoms with Crippen LogP contribution in [0.15, 0.2) is 30.3 Å². The first-order valence-corrected chi connectivity index (χ1v) is 5.24. The minimum absolute atomic E-state index is 0.256. The van der Waals surface area contributed by atoms with Crippen LogP contribution in [0.2, 0.25) is 0 Å². The van der Waals surface area contributed by atoms with Crippen molar-refractivity contribution in [2.45, 2.75) is 6.92 Å². The second kappa shape index (κ2) is 6.48. The van der Waals surface area contributed by atoms with Gasteiger partial charge in [0.25, 0.3) is 5.91 Å². The van der Waals surface area contributed by atoms with Crippen molar-refractivity contribution in [2.24, 2.45) is 0 Å². The number of rotatable bonds is 4. The monoisotopic (exact) mass is 233 g/mol. The summed E-state index contributed by atoms with van der Waals surface area (Å²) in [5.41, 5.74) is 2.03. The van der Waals surface area contributed by atoms with Gasteiger partial charge >= 0.3 is 5.97 Å². The third-order valence-corrected chi connectivity index (χ3v) is 2.08. The van der Waals surface area contributed by atoms with E-state index in [4.69, 9.17) is 4.74 Å². The minimum atomic E-state index is -0.532. The summed E-state index contributed by atoms with van der Waals surface area (Å²) in [5.74, 6) is -0.864.